The lowest BCUT2D eigenvalue weighted by Gasteiger charge is -2.02. The van der Waals surface area contributed by atoms with Gasteiger partial charge >= 0.3 is 0 Å². The number of carbonyl (C=O) groups is 1. The highest BCUT2D eigenvalue weighted by atomic mass is 16.1. The minimum Gasteiger partial charge on any atom is -0.294 e. The van der Waals surface area contributed by atoms with Gasteiger partial charge < -0.3 is 0 Å². The number of hydrogen-bond acceptors (Lipinski definition) is 3. The van der Waals surface area contributed by atoms with Crippen LogP contribution in [0.2, 0.25) is 0 Å². The van der Waals surface area contributed by atoms with Gasteiger partial charge in [0.1, 0.15) is 5.82 Å². The number of ketones is 1. The normalized spacial score (nSPS) is 10.2. The highest BCUT2D eigenvalue weighted by molar-refractivity contribution is 5.97. The van der Waals surface area contributed by atoms with Crippen LogP contribution in [0.1, 0.15) is 27.6 Å². The average molecular weight is 226 g/mol. The summed E-state index contributed by atoms with van der Waals surface area (Å²) in [5.74, 6) is 0.645. The Morgan fingerprint density at radius 1 is 1.06 bits per heavy atom. The van der Waals surface area contributed by atoms with Crippen LogP contribution in [0, 0.1) is 13.8 Å². The highest BCUT2D eigenvalue weighted by Gasteiger charge is 2.09. The van der Waals surface area contributed by atoms with Gasteiger partial charge in [0.05, 0.1) is 6.42 Å². The van der Waals surface area contributed by atoms with Gasteiger partial charge in [-0.15, -0.1) is 0 Å². The molecule has 0 aliphatic rings. The van der Waals surface area contributed by atoms with Gasteiger partial charge in [0, 0.05) is 17.0 Å². The van der Waals surface area contributed by atoms with Crippen LogP contribution in [0.15, 0.2) is 36.4 Å². The summed E-state index contributed by atoms with van der Waals surface area (Å²) < 4.78 is 0. The molecule has 2 rings (SSSR count). The van der Waals surface area contributed by atoms with E-state index in [1.807, 2.05) is 50.2 Å². The summed E-state index contributed by atoms with van der Waals surface area (Å²) in [6, 6.07) is 11.1. The van der Waals surface area contributed by atoms with Crippen LogP contribution in [0.5, 0.6) is 0 Å². The van der Waals surface area contributed by atoms with E-state index in [0.29, 0.717) is 11.4 Å². The van der Waals surface area contributed by atoms with Gasteiger partial charge in [-0.05, 0) is 19.9 Å². The molecule has 3 heteroatoms. The number of nitrogens with zero attached hydrogens (tertiary/aromatic N) is 2. The summed E-state index contributed by atoms with van der Waals surface area (Å²) >= 11 is 0. The molecular formula is C14H14N2O. The molecule has 0 bridgehead atoms. The molecule has 0 atom stereocenters. The average Bonchev–Trinajstić information content (AvgIpc) is 2.28. The largest absolute Gasteiger partial charge is 0.294 e. The van der Waals surface area contributed by atoms with Gasteiger partial charge in [0.15, 0.2) is 5.78 Å². The number of hydrogen-bond donors (Lipinski definition) is 0. The molecule has 0 amide bonds. The highest BCUT2D eigenvalue weighted by Crippen LogP contribution is 2.06. The van der Waals surface area contributed by atoms with E-state index in [1.54, 1.807) is 0 Å². The quantitative estimate of drug-likeness (QED) is 0.755. The smallest absolute Gasteiger partial charge is 0.170 e. The van der Waals surface area contributed by atoms with Crippen LogP contribution < -0.4 is 0 Å². The summed E-state index contributed by atoms with van der Waals surface area (Å²) in [6.07, 6.45) is 0.256. The molecule has 0 saturated carbocycles. The second-order valence-corrected chi connectivity index (χ2v) is 4.03. The molecule has 2 aromatic rings. The van der Waals surface area contributed by atoms with Gasteiger partial charge in [-0.2, -0.15) is 0 Å². The Hall–Kier alpha value is -2.03. The van der Waals surface area contributed by atoms with Crippen LogP contribution in [-0.4, -0.2) is 15.8 Å². The predicted octanol–water partition coefficient (Wildman–Crippen LogP) is 2.52. The van der Waals surface area contributed by atoms with Crippen molar-refractivity contribution in [2.45, 2.75) is 20.3 Å². The Morgan fingerprint density at radius 2 is 1.65 bits per heavy atom. The van der Waals surface area contributed by atoms with E-state index in [0.717, 1.165) is 11.4 Å². The van der Waals surface area contributed by atoms with Crippen LogP contribution in [-0.2, 0) is 6.42 Å². The van der Waals surface area contributed by atoms with Gasteiger partial charge in [0.2, 0.25) is 0 Å². The Kier molecular flexibility index (Phi) is 3.28. The standard InChI is InChI=1S/C14H14N2O/c1-10-8-11(2)16-14(15-10)9-13(17)12-6-4-3-5-7-12/h3-8H,9H2,1-2H3. The molecule has 0 radical (unpaired) electrons. The van der Waals surface area contributed by atoms with E-state index >= 15 is 0 Å². The lowest BCUT2D eigenvalue weighted by Crippen LogP contribution is -2.08. The minimum absolute atomic E-state index is 0.0515. The van der Waals surface area contributed by atoms with Crippen molar-refractivity contribution in [3.63, 3.8) is 0 Å². The molecule has 0 fully saturated rings. The maximum atomic E-state index is 12.0. The van der Waals surface area contributed by atoms with Crippen molar-refractivity contribution in [3.05, 3.63) is 59.2 Å². The third-order valence-corrected chi connectivity index (χ3v) is 2.44. The molecule has 17 heavy (non-hydrogen) atoms. The van der Waals surface area contributed by atoms with Crippen LogP contribution in [0.25, 0.3) is 0 Å². The van der Waals surface area contributed by atoms with Crippen LogP contribution >= 0.6 is 0 Å². The minimum atomic E-state index is 0.0515. The van der Waals surface area contributed by atoms with Crippen molar-refractivity contribution in [2.75, 3.05) is 0 Å². The van der Waals surface area contributed by atoms with E-state index in [9.17, 15) is 4.79 Å². The van der Waals surface area contributed by atoms with Gasteiger partial charge in [-0.25, -0.2) is 9.97 Å². The molecule has 86 valence electrons. The third-order valence-electron chi connectivity index (χ3n) is 2.44. The number of carbonyl (C=O) groups excluding carboxylic acids is 1. The fraction of sp³-hybridized carbons (Fsp3) is 0.214. The van der Waals surface area contributed by atoms with Crippen LogP contribution in [0.4, 0.5) is 0 Å². The molecule has 3 nitrogen and oxygen atoms in total. The summed E-state index contributed by atoms with van der Waals surface area (Å²) in [6.45, 7) is 3.82. The Balaban J connectivity index is 2.19. The number of aryl methyl sites for hydroxylation is 2. The second-order valence-electron chi connectivity index (χ2n) is 4.03. The SMILES string of the molecule is Cc1cc(C)nc(CC(=O)c2ccccc2)n1. The van der Waals surface area contributed by atoms with E-state index in [-0.39, 0.29) is 12.2 Å². The molecule has 0 aliphatic heterocycles. The molecule has 0 aliphatic carbocycles. The van der Waals surface area contributed by atoms with Crippen molar-refractivity contribution in [1.82, 2.24) is 9.97 Å². The predicted molar refractivity (Wildman–Crippen MR) is 66.0 cm³/mol. The summed E-state index contributed by atoms with van der Waals surface area (Å²) in [5, 5.41) is 0. The summed E-state index contributed by atoms with van der Waals surface area (Å²) in [5.41, 5.74) is 2.50. The zero-order valence-corrected chi connectivity index (χ0v) is 9.97. The first-order valence-corrected chi connectivity index (χ1v) is 5.54. The van der Waals surface area contributed by atoms with Crippen LogP contribution in [0.3, 0.4) is 0 Å². The third kappa shape index (κ3) is 2.97. The summed E-state index contributed by atoms with van der Waals surface area (Å²) in [4.78, 5) is 20.5. The van der Waals surface area contributed by atoms with E-state index < -0.39 is 0 Å². The first-order valence-electron chi connectivity index (χ1n) is 5.54. The molecule has 1 heterocycles. The molecular weight excluding hydrogens is 212 g/mol. The van der Waals surface area contributed by atoms with E-state index in [1.165, 1.54) is 0 Å². The Morgan fingerprint density at radius 3 is 2.24 bits per heavy atom. The maximum Gasteiger partial charge on any atom is 0.170 e. The number of rotatable bonds is 3. The zero-order valence-electron chi connectivity index (χ0n) is 9.97. The topological polar surface area (TPSA) is 42.9 Å². The Bertz CT molecular complexity index is 515. The van der Waals surface area contributed by atoms with E-state index in [2.05, 4.69) is 9.97 Å². The van der Waals surface area contributed by atoms with Crippen molar-refractivity contribution < 1.29 is 4.79 Å². The van der Waals surface area contributed by atoms with Gasteiger partial charge in [-0.3, -0.25) is 4.79 Å². The first-order chi connectivity index (χ1) is 8.15. The number of aromatic nitrogens is 2. The monoisotopic (exact) mass is 226 g/mol. The zero-order chi connectivity index (χ0) is 12.3. The fourth-order valence-electron chi connectivity index (χ4n) is 1.75. The lowest BCUT2D eigenvalue weighted by molar-refractivity contribution is 0.0991. The van der Waals surface area contributed by atoms with E-state index in [4.69, 9.17) is 0 Å². The summed E-state index contributed by atoms with van der Waals surface area (Å²) in [7, 11) is 0. The molecule has 0 spiro atoms. The van der Waals surface area contributed by atoms with Gasteiger partial charge in [0.25, 0.3) is 0 Å². The van der Waals surface area contributed by atoms with Gasteiger partial charge in [-0.1, -0.05) is 30.3 Å². The number of benzene rings is 1. The Labute approximate surface area is 101 Å². The molecule has 1 aromatic heterocycles. The first kappa shape index (κ1) is 11.5. The molecule has 1 aromatic carbocycles. The fourth-order valence-corrected chi connectivity index (χ4v) is 1.75. The lowest BCUT2D eigenvalue weighted by atomic mass is 10.1. The van der Waals surface area contributed by atoms with Crippen molar-refractivity contribution in [3.8, 4) is 0 Å². The molecule has 0 unspecified atom stereocenters. The van der Waals surface area contributed by atoms with Crippen molar-refractivity contribution >= 4 is 5.78 Å². The molecule has 0 N–H and O–H groups in total. The van der Waals surface area contributed by atoms with Crippen molar-refractivity contribution in [1.29, 1.82) is 0 Å². The maximum absolute atomic E-state index is 12.0. The second kappa shape index (κ2) is 4.87. The number of Topliss-reactive ketones (excluding diaryl/α,β-unsaturated/α-hetero) is 1. The van der Waals surface area contributed by atoms with Crippen molar-refractivity contribution in [2.24, 2.45) is 0 Å². The molecule has 0 saturated heterocycles.